The Balaban J connectivity index is 0.00000196. The molecule has 82 valence electrons. The molecule has 0 unspecified atom stereocenters. The van der Waals surface area contributed by atoms with E-state index in [1.54, 1.807) is 18.3 Å². The van der Waals surface area contributed by atoms with E-state index in [2.05, 4.69) is 15.6 Å². The summed E-state index contributed by atoms with van der Waals surface area (Å²) in [4.78, 5) is 0. The van der Waals surface area contributed by atoms with Gasteiger partial charge in [0.1, 0.15) is 0 Å². The second-order valence-electron chi connectivity index (χ2n) is 2.44. The van der Waals surface area contributed by atoms with Gasteiger partial charge in [0.25, 0.3) is 0 Å². The summed E-state index contributed by atoms with van der Waals surface area (Å²) in [5, 5.41) is 7.65. The lowest BCUT2D eigenvalue weighted by Gasteiger charge is -1.96. The number of halogens is 2. The van der Waals surface area contributed by atoms with Crippen LogP contribution in [0.1, 0.15) is 5.56 Å². The van der Waals surface area contributed by atoms with Crippen LogP contribution < -0.4 is 17.0 Å². The molecule has 0 bridgehead atoms. The van der Waals surface area contributed by atoms with Gasteiger partial charge in [-0.3, -0.25) is 0 Å². The van der Waals surface area contributed by atoms with Crippen LogP contribution in [0.3, 0.4) is 0 Å². The minimum absolute atomic E-state index is 0. The Morgan fingerprint density at radius 3 is 2.47 bits per heavy atom. The standard InChI is InChI=1S/C8H10ClN5.ClH/c9-7-3-1-6(2-4-7)5-12-14-8(10)13-11;/h1-5H,11H2,(H3,10,13,14);1H/b12-5+;. The first-order chi connectivity index (χ1) is 6.72. The van der Waals surface area contributed by atoms with Gasteiger partial charge in [-0.15, -0.1) is 17.5 Å². The van der Waals surface area contributed by atoms with Gasteiger partial charge in [-0.1, -0.05) is 23.7 Å². The number of hydrogen-bond donors (Lipinski definition) is 3. The van der Waals surface area contributed by atoms with Gasteiger partial charge in [-0.05, 0) is 17.7 Å². The Labute approximate surface area is 98.6 Å². The van der Waals surface area contributed by atoms with Gasteiger partial charge in [0, 0.05) is 5.02 Å². The highest BCUT2D eigenvalue weighted by atomic mass is 35.5. The number of rotatable bonds is 2. The predicted octanol–water partition coefficient (Wildman–Crippen LogP) is 0.874. The van der Waals surface area contributed by atoms with Crippen molar-refractivity contribution in [1.82, 2.24) is 5.43 Å². The van der Waals surface area contributed by atoms with E-state index in [9.17, 15) is 0 Å². The Kier molecular flexibility index (Phi) is 6.24. The van der Waals surface area contributed by atoms with E-state index in [0.29, 0.717) is 5.02 Å². The van der Waals surface area contributed by atoms with Gasteiger partial charge in [-0.25, -0.2) is 5.43 Å². The molecule has 0 aliphatic carbocycles. The maximum atomic E-state index is 5.70. The SMILES string of the molecule is Cl.NN=C(N)N/N=C/c1ccc(Cl)cc1. The van der Waals surface area contributed by atoms with E-state index in [1.165, 1.54) is 0 Å². The molecular formula is C8H11Cl2N5. The zero-order valence-electron chi connectivity index (χ0n) is 7.72. The van der Waals surface area contributed by atoms with Gasteiger partial charge in [0.15, 0.2) is 0 Å². The van der Waals surface area contributed by atoms with Crippen LogP contribution in [0.4, 0.5) is 0 Å². The summed E-state index contributed by atoms with van der Waals surface area (Å²) in [5.74, 6) is 4.93. The predicted molar refractivity (Wildman–Crippen MR) is 65.2 cm³/mol. The van der Waals surface area contributed by atoms with Gasteiger partial charge in [-0.2, -0.15) is 5.10 Å². The van der Waals surface area contributed by atoms with Crippen LogP contribution in [-0.4, -0.2) is 12.2 Å². The number of nitrogens with two attached hydrogens (primary N) is 2. The van der Waals surface area contributed by atoms with Gasteiger partial charge < -0.3 is 11.6 Å². The second-order valence-corrected chi connectivity index (χ2v) is 2.87. The first-order valence-corrected chi connectivity index (χ1v) is 4.18. The van der Waals surface area contributed by atoms with Crippen molar-refractivity contribution in [2.45, 2.75) is 0 Å². The molecule has 5 N–H and O–H groups in total. The molecule has 0 radical (unpaired) electrons. The van der Waals surface area contributed by atoms with E-state index in [1.807, 2.05) is 12.1 Å². The van der Waals surface area contributed by atoms with Crippen LogP contribution in [0.25, 0.3) is 0 Å². The summed E-state index contributed by atoms with van der Waals surface area (Å²) in [6.45, 7) is 0. The summed E-state index contributed by atoms with van der Waals surface area (Å²) in [5.41, 5.74) is 8.57. The third kappa shape index (κ3) is 5.09. The number of nitrogens with one attached hydrogen (secondary N) is 1. The van der Waals surface area contributed by atoms with Crippen LogP contribution in [0.5, 0.6) is 0 Å². The number of hydrazone groups is 2. The second kappa shape index (κ2) is 6.92. The fourth-order valence-electron chi connectivity index (χ4n) is 0.751. The minimum Gasteiger partial charge on any atom is -0.367 e. The molecule has 0 saturated carbocycles. The fraction of sp³-hybridized carbons (Fsp3) is 0. The third-order valence-corrected chi connectivity index (χ3v) is 1.65. The molecule has 1 aromatic rings. The van der Waals surface area contributed by atoms with Crippen LogP contribution in [0, 0.1) is 0 Å². The molecule has 0 amide bonds. The van der Waals surface area contributed by atoms with Crippen molar-refractivity contribution < 1.29 is 0 Å². The molecule has 0 saturated heterocycles. The van der Waals surface area contributed by atoms with Crippen LogP contribution in [-0.2, 0) is 0 Å². The van der Waals surface area contributed by atoms with Crippen LogP contribution in [0.2, 0.25) is 5.02 Å². The highest BCUT2D eigenvalue weighted by Crippen LogP contribution is 2.07. The highest BCUT2D eigenvalue weighted by molar-refractivity contribution is 6.30. The molecule has 0 fully saturated rings. The van der Waals surface area contributed by atoms with Crippen molar-refractivity contribution in [3.8, 4) is 0 Å². The van der Waals surface area contributed by atoms with Crippen molar-refractivity contribution >= 4 is 36.2 Å². The van der Waals surface area contributed by atoms with Crippen molar-refractivity contribution in [1.29, 1.82) is 0 Å². The molecule has 5 nitrogen and oxygen atoms in total. The summed E-state index contributed by atoms with van der Waals surface area (Å²) in [7, 11) is 0. The van der Waals surface area contributed by atoms with E-state index in [0.717, 1.165) is 5.56 Å². The molecule has 0 spiro atoms. The first-order valence-electron chi connectivity index (χ1n) is 3.80. The number of nitrogens with zero attached hydrogens (tertiary/aromatic N) is 2. The van der Waals surface area contributed by atoms with Crippen molar-refractivity contribution in [3.05, 3.63) is 34.9 Å². The van der Waals surface area contributed by atoms with Crippen LogP contribution in [0.15, 0.2) is 34.5 Å². The number of guanidine groups is 1. The minimum atomic E-state index is 0. The molecule has 0 aromatic heterocycles. The molecule has 7 heteroatoms. The van der Waals surface area contributed by atoms with E-state index < -0.39 is 0 Å². The Bertz CT molecular complexity index is 347. The lowest BCUT2D eigenvalue weighted by Crippen LogP contribution is -2.28. The molecular weight excluding hydrogens is 237 g/mol. The van der Waals surface area contributed by atoms with Crippen molar-refractivity contribution in [2.24, 2.45) is 21.8 Å². The van der Waals surface area contributed by atoms with E-state index in [-0.39, 0.29) is 18.4 Å². The molecule has 0 aliphatic rings. The molecule has 0 aliphatic heterocycles. The molecule has 0 heterocycles. The number of hydrogen-bond acceptors (Lipinski definition) is 3. The van der Waals surface area contributed by atoms with Crippen LogP contribution >= 0.6 is 24.0 Å². The van der Waals surface area contributed by atoms with Gasteiger partial charge in [0.05, 0.1) is 6.21 Å². The summed E-state index contributed by atoms with van der Waals surface area (Å²) >= 11 is 5.70. The molecule has 15 heavy (non-hydrogen) atoms. The zero-order chi connectivity index (χ0) is 10.4. The quantitative estimate of drug-likeness (QED) is 0.314. The average molecular weight is 248 g/mol. The lowest BCUT2D eigenvalue weighted by molar-refractivity contribution is 0.993. The maximum Gasteiger partial charge on any atom is 0.231 e. The van der Waals surface area contributed by atoms with Crippen molar-refractivity contribution in [2.75, 3.05) is 0 Å². The zero-order valence-corrected chi connectivity index (χ0v) is 9.29. The monoisotopic (exact) mass is 247 g/mol. The Hall–Kier alpha value is -1.46. The normalized spacial score (nSPS) is 11.1. The van der Waals surface area contributed by atoms with E-state index in [4.69, 9.17) is 23.2 Å². The van der Waals surface area contributed by atoms with Crippen molar-refractivity contribution in [3.63, 3.8) is 0 Å². The maximum absolute atomic E-state index is 5.70. The summed E-state index contributed by atoms with van der Waals surface area (Å²) in [6.07, 6.45) is 1.58. The molecule has 0 atom stereocenters. The fourth-order valence-corrected chi connectivity index (χ4v) is 0.877. The lowest BCUT2D eigenvalue weighted by atomic mass is 10.2. The molecule has 1 aromatic carbocycles. The first kappa shape index (κ1) is 13.5. The number of benzene rings is 1. The largest absolute Gasteiger partial charge is 0.367 e. The smallest absolute Gasteiger partial charge is 0.231 e. The summed E-state index contributed by atoms with van der Waals surface area (Å²) in [6, 6.07) is 7.18. The van der Waals surface area contributed by atoms with Gasteiger partial charge >= 0.3 is 0 Å². The summed E-state index contributed by atoms with van der Waals surface area (Å²) < 4.78 is 0. The molecule has 1 rings (SSSR count). The van der Waals surface area contributed by atoms with Gasteiger partial charge in [0.2, 0.25) is 5.96 Å². The third-order valence-electron chi connectivity index (χ3n) is 1.40. The topological polar surface area (TPSA) is 88.8 Å². The highest BCUT2D eigenvalue weighted by Gasteiger charge is 1.88. The average Bonchev–Trinajstić information content (AvgIpc) is 2.21. The Morgan fingerprint density at radius 1 is 1.33 bits per heavy atom. The Morgan fingerprint density at radius 2 is 1.93 bits per heavy atom. The van der Waals surface area contributed by atoms with E-state index >= 15 is 0 Å².